The lowest BCUT2D eigenvalue weighted by Gasteiger charge is -2.09. The van der Waals surface area contributed by atoms with E-state index in [0.717, 1.165) is 15.6 Å². The van der Waals surface area contributed by atoms with Crippen molar-refractivity contribution in [2.24, 2.45) is 0 Å². The van der Waals surface area contributed by atoms with Crippen molar-refractivity contribution >= 4 is 27.7 Å². The normalized spacial score (nSPS) is 10.0. The molecule has 0 heterocycles. The summed E-state index contributed by atoms with van der Waals surface area (Å²) in [6.07, 6.45) is 0. The fourth-order valence-corrected chi connectivity index (χ4v) is 2.28. The van der Waals surface area contributed by atoms with Crippen molar-refractivity contribution in [1.29, 1.82) is 0 Å². The summed E-state index contributed by atoms with van der Waals surface area (Å²) in [5.41, 5.74) is 7.17. The molecular weight excluding hydrogens is 360 g/mol. The van der Waals surface area contributed by atoms with E-state index in [4.69, 9.17) is 4.74 Å². The number of aryl methyl sites for hydroxylation is 2. The number of hydrogen-bond acceptors (Lipinski definition) is 3. The summed E-state index contributed by atoms with van der Waals surface area (Å²) >= 11 is 3.32. The number of carbonyl (C=O) groups is 2. The second-order valence-corrected chi connectivity index (χ2v) is 6.04. The molecule has 6 heteroatoms. The van der Waals surface area contributed by atoms with Crippen LogP contribution in [0.1, 0.15) is 21.5 Å². The van der Waals surface area contributed by atoms with Crippen molar-refractivity contribution in [3.8, 4) is 5.75 Å². The lowest BCUT2D eigenvalue weighted by Crippen LogP contribution is -2.43. The fraction of sp³-hybridized carbons (Fsp3) is 0.176. The van der Waals surface area contributed by atoms with Gasteiger partial charge in [-0.2, -0.15) is 0 Å². The Kier molecular flexibility index (Phi) is 5.76. The average Bonchev–Trinajstić information content (AvgIpc) is 2.51. The lowest BCUT2D eigenvalue weighted by atomic mass is 10.1. The maximum atomic E-state index is 12.0. The molecular formula is C17H17BrN2O3. The maximum Gasteiger partial charge on any atom is 0.276 e. The van der Waals surface area contributed by atoms with Gasteiger partial charge in [0.15, 0.2) is 6.61 Å². The Labute approximate surface area is 143 Å². The van der Waals surface area contributed by atoms with Gasteiger partial charge in [0.05, 0.1) is 0 Å². The number of ether oxygens (including phenoxy) is 1. The highest BCUT2D eigenvalue weighted by Crippen LogP contribution is 2.15. The van der Waals surface area contributed by atoms with Gasteiger partial charge in [-0.1, -0.05) is 33.1 Å². The van der Waals surface area contributed by atoms with E-state index in [0.29, 0.717) is 11.3 Å². The molecule has 2 aromatic rings. The third-order valence-corrected chi connectivity index (χ3v) is 3.51. The molecule has 0 saturated heterocycles. The minimum Gasteiger partial charge on any atom is -0.484 e. The predicted octanol–water partition coefficient (Wildman–Crippen LogP) is 2.91. The maximum absolute atomic E-state index is 12.0. The largest absolute Gasteiger partial charge is 0.484 e. The first-order valence-electron chi connectivity index (χ1n) is 7.00. The van der Waals surface area contributed by atoms with Crippen molar-refractivity contribution in [3.05, 3.63) is 63.6 Å². The highest BCUT2D eigenvalue weighted by Gasteiger charge is 2.09. The Bertz CT molecular complexity index is 694. The lowest BCUT2D eigenvalue weighted by molar-refractivity contribution is -0.123. The van der Waals surface area contributed by atoms with Crippen LogP contribution < -0.4 is 15.6 Å². The number of nitrogens with one attached hydrogen (secondary N) is 2. The van der Waals surface area contributed by atoms with Gasteiger partial charge in [0.25, 0.3) is 11.8 Å². The van der Waals surface area contributed by atoms with Gasteiger partial charge in [0, 0.05) is 10.0 Å². The molecule has 0 aliphatic carbocycles. The number of hydrogen-bond donors (Lipinski definition) is 2. The van der Waals surface area contributed by atoms with Gasteiger partial charge in [-0.25, -0.2) is 0 Å². The summed E-state index contributed by atoms with van der Waals surface area (Å²) < 4.78 is 6.24. The van der Waals surface area contributed by atoms with E-state index in [1.807, 2.05) is 32.0 Å². The van der Waals surface area contributed by atoms with Crippen LogP contribution in [0.15, 0.2) is 46.9 Å². The molecule has 0 aliphatic rings. The van der Waals surface area contributed by atoms with Crippen molar-refractivity contribution in [2.45, 2.75) is 13.8 Å². The number of halogens is 1. The van der Waals surface area contributed by atoms with E-state index in [1.54, 1.807) is 24.3 Å². The minimum atomic E-state index is -0.439. The van der Waals surface area contributed by atoms with E-state index in [9.17, 15) is 9.59 Å². The Balaban J connectivity index is 1.81. The van der Waals surface area contributed by atoms with Crippen LogP contribution in [0.2, 0.25) is 0 Å². The number of hydrazine groups is 1. The van der Waals surface area contributed by atoms with Crippen LogP contribution in [0.5, 0.6) is 5.75 Å². The Morgan fingerprint density at radius 1 is 1.00 bits per heavy atom. The molecule has 0 fully saturated rings. The van der Waals surface area contributed by atoms with E-state index >= 15 is 0 Å². The molecule has 2 amide bonds. The van der Waals surface area contributed by atoms with Crippen LogP contribution in [0, 0.1) is 13.8 Å². The molecule has 0 saturated carbocycles. The van der Waals surface area contributed by atoms with E-state index in [2.05, 4.69) is 26.8 Å². The summed E-state index contributed by atoms with van der Waals surface area (Å²) in [7, 11) is 0. The minimum absolute atomic E-state index is 0.186. The number of amides is 2. The topological polar surface area (TPSA) is 67.4 Å². The molecule has 0 aliphatic heterocycles. The first-order valence-corrected chi connectivity index (χ1v) is 7.79. The van der Waals surface area contributed by atoms with E-state index in [-0.39, 0.29) is 12.5 Å². The van der Waals surface area contributed by atoms with Gasteiger partial charge in [-0.3, -0.25) is 20.4 Å². The summed E-state index contributed by atoms with van der Waals surface area (Å²) in [5, 5.41) is 0. The number of rotatable bonds is 4. The first-order chi connectivity index (χ1) is 10.9. The molecule has 0 unspecified atom stereocenters. The smallest absolute Gasteiger partial charge is 0.276 e. The van der Waals surface area contributed by atoms with Gasteiger partial charge >= 0.3 is 0 Å². The van der Waals surface area contributed by atoms with E-state index < -0.39 is 5.91 Å². The van der Waals surface area contributed by atoms with Gasteiger partial charge < -0.3 is 4.74 Å². The van der Waals surface area contributed by atoms with Crippen molar-refractivity contribution in [1.82, 2.24) is 10.9 Å². The van der Waals surface area contributed by atoms with Crippen molar-refractivity contribution in [3.63, 3.8) is 0 Å². The van der Waals surface area contributed by atoms with Gasteiger partial charge in [-0.05, 0) is 50.2 Å². The molecule has 23 heavy (non-hydrogen) atoms. The number of benzene rings is 2. The highest BCUT2D eigenvalue weighted by molar-refractivity contribution is 9.10. The highest BCUT2D eigenvalue weighted by atomic mass is 79.9. The number of carbonyl (C=O) groups excluding carboxylic acids is 2. The van der Waals surface area contributed by atoms with Crippen molar-refractivity contribution < 1.29 is 14.3 Å². The molecule has 120 valence electrons. The summed E-state index contributed by atoms with van der Waals surface area (Å²) in [6, 6.07) is 12.6. The van der Waals surface area contributed by atoms with Gasteiger partial charge in [0.1, 0.15) is 5.75 Å². The third-order valence-electron chi connectivity index (χ3n) is 2.98. The van der Waals surface area contributed by atoms with Gasteiger partial charge in [-0.15, -0.1) is 0 Å². The van der Waals surface area contributed by atoms with E-state index in [1.165, 1.54) is 0 Å². The molecule has 2 aromatic carbocycles. The second kappa shape index (κ2) is 7.78. The summed E-state index contributed by atoms with van der Waals surface area (Å²) in [5.74, 6) is -0.233. The monoisotopic (exact) mass is 376 g/mol. The molecule has 0 spiro atoms. The molecule has 0 bridgehead atoms. The summed E-state index contributed by atoms with van der Waals surface area (Å²) in [4.78, 5) is 23.7. The molecule has 2 N–H and O–H groups in total. The fourth-order valence-electron chi connectivity index (χ4n) is 2.02. The van der Waals surface area contributed by atoms with Crippen LogP contribution in [0.3, 0.4) is 0 Å². The van der Waals surface area contributed by atoms with Gasteiger partial charge in [0.2, 0.25) is 0 Å². The summed E-state index contributed by atoms with van der Waals surface area (Å²) in [6.45, 7) is 3.64. The first kappa shape index (κ1) is 17.0. The second-order valence-electron chi connectivity index (χ2n) is 5.12. The Morgan fingerprint density at radius 2 is 1.61 bits per heavy atom. The zero-order valence-electron chi connectivity index (χ0n) is 12.9. The molecule has 2 rings (SSSR count). The average molecular weight is 377 g/mol. The zero-order chi connectivity index (χ0) is 16.8. The quantitative estimate of drug-likeness (QED) is 0.806. The predicted molar refractivity (Wildman–Crippen MR) is 91.2 cm³/mol. The standard InChI is InChI=1S/C17H17BrN2O3/c1-11-7-12(2)9-13(8-11)17(22)20-19-16(21)10-23-15-5-3-14(18)4-6-15/h3-9H,10H2,1-2H3,(H,19,21)(H,20,22). The van der Waals surface area contributed by atoms with Crippen LogP contribution >= 0.6 is 15.9 Å². The third kappa shape index (κ3) is 5.41. The van der Waals surface area contributed by atoms with Crippen LogP contribution in [-0.2, 0) is 4.79 Å². The van der Waals surface area contributed by atoms with Crippen LogP contribution in [0.25, 0.3) is 0 Å². The molecule has 0 radical (unpaired) electrons. The zero-order valence-corrected chi connectivity index (χ0v) is 14.4. The van der Waals surface area contributed by atoms with Crippen LogP contribution in [-0.4, -0.2) is 18.4 Å². The Hall–Kier alpha value is -2.34. The molecule has 0 atom stereocenters. The van der Waals surface area contributed by atoms with Crippen LogP contribution in [0.4, 0.5) is 0 Å². The Morgan fingerprint density at radius 3 is 2.22 bits per heavy atom. The van der Waals surface area contributed by atoms with Crippen molar-refractivity contribution in [2.75, 3.05) is 6.61 Å². The molecule has 5 nitrogen and oxygen atoms in total. The molecule has 0 aromatic heterocycles. The SMILES string of the molecule is Cc1cc(C)cc(C(=O)NNC(=O)COc2ccc(Br)cc2)c1.